The first-order chi connectivity index (χ1) is 3.93. The first kappa shape index (κ1) is 5.56. The summed E-state index contributed by atoms with van der Waals surface area (Å²) in [7, 11) is 0. The summed E-state index contributed by atoms with van der Waals surface area (Å²) in [5.74, 6) is 0. The van der Waals surface area contributed by atoms with Crippen LogP contribution in [0.5, 0.6) is 0 Å². The lowest BCUT2D eigenvalue weighted by Crippen LogP contribution is -2.39. The summed E-state index contributed by atoms with van der Waals surface area (Å²) in [5.41, 5.74) is 0. The first-order valence-electron chi connectivity index (χ1n) is 2.76. The molecule has 0 unspecified atom stereocenters. The molecule has 0 aromatic carbocycles. The molecule has 1 radical (unpaired) electrons. The van der Waals surface area contributed by atoms with Crippen molar-refractivity contribution in [2.45, 2.75) is 0 Å². The molecule has 0 N–H and O–H groups in total. The summed E-state index contributed by atoms with van der Waals surface area (Å²) in [4.78, 5) is 11.8. The number of hydrogen-bond donors (Lipinski definition) is 0. The van der Waals surface area contributed by atoms with E-state index in [1.807, 2.05) is 0 Å². The van der Waals surface area contributed by atoms with E-state index >= 15 is 0 Å². The lowest BCUT2D eigenvalue weighted by Gasteiger charge is -2.21. The predicted octanol–water partition coefficient (Wildman–Crippen LogP) is -0.937. The highest BCUT2D eigenvalue weighted by Crippen LogP contribution is 1.86. The normalized spacial score (nSPS) is 20.8. The van der Waals surface area contributed by atoms with Crippen molar-refractivity contribution in [3.05, 3.63) is 0 Å². The number of piperazine rings is 1. The molecule has 0 spiro atoms. The third-order valence-electron chi connectivity index (χ3n) is 1.24. The maximum atomic E-state index is 10.0. The zero-order valence-electron chi connectivity index (χ0n) is 4.71. The number of carbonyl (C=O) groups excluding carboxylic acids is 1. The fourth-order valence-corrected chi connectivity index (χ4v) is 0.727. The van der Waals surface area contributed by atoms with Gasteiger partial charge in [0.2, 0.25) is 6.41 Å². The number of carbonyl (C=O) groups is 1. The van der Waals surface area contributed by atoms with E-state index in [1.165, 1.54) is 0 Å². The maximum Gasteiger partial charge on any atom is 0.209 e. The standard InChI is InChI=1S/C5H9N2O/c8-5-7-3-1-6-2-4-7/h5H,1-4H2. The van der Waals surface area contributed by atoms with Crippen molar-refractivity contribution in [3.63, 3.8) is 0 Å². The van der Waals surface area contributed by atoms with E-state index in [1.54, 1.807) is 4.90 Å². The highest BCUT2D eigenvalue weighted by molar-refractivity contribution is 5.47. The van der Waals surface area contributed by atoms with Crippen LogP contribution in [0.25, 0.3) is 0 Å². The van der Waals surface area contributed by atoms with Crippen molar-refractivity contribution < 1.29 is 4.79 Å². The fraction of sp³-hybridized carbons (Fsp3) is 0.800. The Kier molecular flexibility index (Phi) is 1.86. The minimum Gasteiger partial charge on any atom is -0.343 e. The molecule has 1 saturated heterocycles. The molecule has 1 amide bonds. The Morgan fingerprint density at radius 1 is 1.38 bits per heavy atom. The third-order valence-corrected chi connectivity index (χ3v) is 1.24. The van der Waals surface area contributed by atoms with Crippen LogP contribution in [0.4, 0.5) is 0 Å². The van der Waals surface area contributed by atoms with Crippen LogP contribution in [-0.4, -0.2) is 37.5 Å². The Balaban J connectivity index is 2.22. The van der Waals surface area contributed by atoms with Gasteiger partial charge in [-0.25, -0.2) is 5.32 Å². The zero-order chi connectivity index (χ0) is 5.82. The van der Waals surface area contributed by atoms with E-state index in [2.05, 4.69) is 5.32 Å². The van der Waals surface area contributed by atoms with E-state index in [9.17, 15) is 4.79 Å². The van der Waals surface area contributed by atoms with Crippen LogP contribution in [0.15, 0.2) is 0 Å². The van der Waals surface area contributed by atoms with Gasteiger partial charge in [-0.2, -0.15) is 0 Å². The van der Waals surface area contributed by atoms with Gasteiger partial charge in [-0.05, 0) is 0 Å². The van der Waals surface area contributed by atoms with Gasteiger partial charge in [-0.15, -0.1) is 0 Å². The van der Waals surface area contributed by atoms with Crippen molar-refractivity contribution in [3.8, 4) is 0 Å². The van der Waals surface area contributed by atoms with Gasteiger partial charge in [0.1, 0.15) is 0 Å². The zero-order valence-corrected chi connectivity index (χ0v) is 4.71. The molecule has 0 saturated carbocycles. The van der Waals surface area contributed by atoms with E-state index in [0.29, 0.717) is 0 Å². The molecule has 0 aliphatic carbocycles. The van der Waals surface area contributed by atoms with Crippen molar-refractivity contribution in [1.82, 2.24) is 10.2 Å². The lowest BCUT2D eigenvalue weighted by atomic mass is 10.4. The highest BCUT2D eigenvalue weighted by Gasteiger charge is 2.05. The summed E-state index contributed by atoms with van der Waals surface area (Å²) in [6, 6.07) is 0. The molecular formula is C5H9N2O. The molecule has 1 rings (SSSR count). The largest absolute Gasteiger partial charge is 0.343 e. The Bertz CT molecular complexity index is 78.5. The van der Waals surface area contributed by atoms with Gasteiger partial charge in [0.15, 0.2) is 0 Å². The van der Waals surface area contributed by atoms with E-state index < -0.39 is 0 Å². The molecule has 0 aromatic rings. The number of nitrogens with zero attached hydrogens (tertiary/aromatic N) is 2. The van der Waals surface area contributed by atoms with Crippen LogP contribution in [0.3, 0.4) is 0 Å². The molecule has 45 valence electrons. The van der Waals surface area contributed by atoms with Crippen molar-refractivity contribution in [2.24, 2.45) is 0 Å². The van der Waals surface area contributed by atoms with Crippen LogP contribution in [0.2, 0.25) is 0 Å². The number of amides is 1. The fourth-order valence-electron chi connectivity index (χ4n) is 0.727. The van der Waals surface area contributed by atoms with Gasteiger partial charge >= 0.3 is 0 Å². The molecule has 1 heterocycles. The first-order valence-corrected chi connectivity index (χ1v) is 2.76. The predicted molar refractivity (Wildman–Crippen MR) is 29.5 cm³/mol. The second kappa shape index (κ2) is 2.67. The van der Waals surface area contributed by atoms with Crippen molar-refractivity contribution >= 4 is 6.41 Å². The third kappa shape index (κ3) is 1.20. The Labute approximate surface area is 48.7 Å². The second-order valence-electron chi connectivity index (χ2n) is 1.81. The molecule has 0 bridgehead atoms. The second-order valence-corrected chi connectivity index (χ2v) is 1.81. The van der Waals surface area contributed by atoms with Gasteiger partial charge in [0.05, 0.1) is 0 Å². The van der Waals surface area contributed by atoms with Crippen LogP contribution in [0.1, 0.15) is 0 Å². The minimum atomic E-state index is 0.809. The minimum absolute atomic E-state index is 0.809. The topological polar surface area (TPSA) is 34.4 Å². The van der Waals surface area contributed by atoms with Gasteiger partial charge in [0, 0.05) is 26.2 Å². The van der Waals surface area contributed by atoms with Crippen LogP contribution < -0.4 is 5.32 Å². The summed E-state index contributed by atoms with van der Waals surface area (Å²) in [6.45, 7) is 3.25. The Morgan fingerprint density at radius 2 is 2.00 bits per heavy atom. The molecule has 0 atom stereocenters. The number of rotatable bonds is 1. The van der Waals surface area contributed by atoms with Gasteiger partial charge < -0.3 is 4.90 Å². The average molecular weight is 113 g/mol. The smallest absolute Gasteiger partial charge is 0.209 e. The molecule has 1 fully saturated rings. The molecule has 3 nitrogen and oxygen atoms in total. The van der Waals surface area contributed by atoms with Gasteiger partial charge in [-0.3, -0.25) is 4.79 Å². The van der Waals surface area contributed by atoms with Crippen LogP contribution >= 0.6 is 0 Å². The average Bonchev–Trinajstić information content (AvgIpc) is 1.90. The summed E-state index contributed by atoms with van der Waals surface area (Å²) < 4.78 is 0. The molecule has 0 aromatic heterocycles. The summed E-state index contributed by atoms with van der Waals surface area (Å²) in [5, 5.41) is 4.07. The number of hydrogen-bond acceptors (Lipinski definition) is 1. The quantitative estimate of drug-likeness (QED) is 0.404. The van der Waals surface area contributed by atoms with Crippen LogP contribution in [-0.2, 0) is 4.79 Å². The lowest BCUT2D eigenvalue weighted by molar-refractivity contribution is -0.118. The van der Waals surface area contributed by atoms with Gasteiger partial charge in [0.25, 0.3) is 0 Å². The highest BCUT2D eigenvalue weighted by atomic mass is 16.1. The molecular weight excluding hydrogens is 104 g/mol. The van der Waals surface area contributed by atoms with E-state index in [4.69, 9.17) is 0 Å². The maximum absolute atomic E-state index is 10.0. The Morgan fingerprint density at radius 3 is 2.38 bits per heavy atom. The molecule has 1 aliphatic heterocycles. The molecule has 3 heteroatoms. The van der Waals surface area contributed by atoms with E-state index in [-0.39, 0.29) is 0 Å². The van der Waals surface area contributed by atoms with Gasteiger partial charge in [-0.1, -0.05) is 0 Å². The monoisotopic (exact) mass is 113 g/mol. The van der Waals surface area contributed by atoms with Crippen molar-refractivity contribution in [1.29, 1.82) is 0 Å². The van der Waals surface area contributed by atoms with E-state index in [0.717, 1.165) is 32.6 Å². The van der Waals surface area contributed by atoms with Crippen LogP contribution in [0, 0.1) is 0 Å². The molecule has 1 aliphatic rings. The summed E-state index contributed by atoms with van der Waals surface area (Å²) >= 11 is 0. The SMILES string of the molecule is O=CN1CC[N]CC1. The Hall–Kier alpha value is -0.570. The van der Waals surface area contributed by atoms with Crippen molar-refractivity contribution in [2.75, 3.05) is 26.2 Å². The summed E-state index contributed by atoms with van der Waals surface area (Å²) in [6.07, 6.45) is 0.884. The molecule has 8 heavy (non-hydrogen) atoms.